The van der Waals surface area contributed by atoms with Crippen LogP contribution in [0.5, 0.6) is 0 Å². The number of aliphatic carboxylic acids is 1. The molecular weight excluding hydrogens is 220 g/mol. The minimum Gasteiger partial charge on any atom is -0.480 e. The molecule has 0 aliphatic rings. The first-order chi connectivity index (χ1) is 8.00. The maximum atomic E-state index is 11.4. The number of carbonyl (C=O) groups is 2. The van der Waals surface area contributed by atoms with Gasteiger partial charge in [-0.2, -0.15) is 0 Å². The third kappa shape index (κ3) is 4.24. The molecule has 1 rings (SSSR count). The van der Waals surface area contributed by atoms with Gasteiger partial charge in [0.05, 0.1) is 0 Å². The molecule has 0 unspecified atom stereocenters. The predicted octanol–water partition coefficient (Wildman–Crippen LogP) is -0.571. The van der Waals surface area contributed by atoms with Gasteiger partial charge in [0.2, 0.25) is 0 Å². The maximum Gasteiger partial charge on any atom is 0.326 e. The number of rotatable bonds is 5. The fraction of sp³-hybridized carbons (Fsp3) is 0.333. The van der Waals surface area contributed by atoms with Crippen molar-refractivity contribution in [2.45, 2.75) is 25.4 Å². The fourth-order valence-electron chi connectivity index (χ4n) is 1.36. The number of benzene rings is 1. The summed E-state index contributed by atoms with van der Waals surface area (Å²) in [6.07, 6.45) is 0.272. The second-order valence-electron chi connectivity index (χ2n) is 3.99. The average molecular weight is 237 g/mol. The largest absolute Gasteiger partial charge is 0.480 e. The van der Waals surface area contributed by atoms with Crippen LogP contribution in [0.4, 0.5) is 0 Å². The predicted molar refractivity (Wildman–Crippen MR) is 62.1 cm³/mol. The lowest BCUT2D eigenvalue weighted by molar-refractivity contribution is -0.398. The fourth-order valence-corrected chi connectivity index (χ4v) is 1.36. The number of quaternary nitrogens is 1. The molecule has 17 heavy (non-hydrogen) atoms. The zero-order chi connectivity index (χ0) is 12.8. The molecule has 0 bridgehead atoms. The third-order valence-electron chi connectivity index (χ3n) is 2.34. The first-order valence-electron chi connectivity index (χ1n) is 5.41. The molecule has 0 heterocycles. The molecule has 1 aromatic rings. The summed E-state index contributed by atoms with van der Waals surface area (Å²) in [5.41, 5.74) is 4.42. The monoisotopic (exact) mass is 237 g/mol. The van der Waals surface area contributed by atoms with E-state index in [2.05, 4.69) is 11.1 Å². The molecule has 5 nitrogen and oxygen atoms in total. The highest BCUT2D eigenvalue weighted by molar-refractivity contribution is 5.85. The maximum absolute atomic E-state index is 11.4. The SMILES string of the molecule is C[C@H]([NH3+])C(=O)N[C@@H](Cc1ccccc1)C(=O)O. The Morgan fingerprint density at radius 3 is 2.41 bits per heavy atom. The van der Waals surface area contributed by atoms with Gasteiger partial charge in [-0.25, -0.2) is 4.79 Å². The molecule has 0 fully saturated rings. The first kappa shape index (κ1) is 13.2. The zero-order valence-electron chi connectivity index (χ0n) is 9.72. The van der Waals surface area contributed by atoms with E-state index in [9.17, 15) is 9.59 Å². The molecule has 0 aromatic heterocycles. The summed E-state index contributed by atoms with van der Waals surface area (Å²) in [5, 5.41) is 11.5. The summed E-state index contributed by atoms with van der Waals surface area (Å²) >= 11 is 0. The van der Waals surface area contributed by atoms with Gasteiger partial charge in [0.15, 0.2) is 6.04 Å². The molecule has 0 aliphatic carbocycles. The van der Waals surface area contributed by atoms with Crippen molar-refractivity contribution in [3.63, 3.8) is 0 Å². The van der Waals surface area contributed by atoms with E-state index in [1.807, 2.05) is 30.3 Å². The van der Waals surface area contributed by atoms with E-state index in [-0.39, 0.29) is 12.3 Å². The topological polar surface area (TPSA) is 94.0 Å². The Hall–Kier alpha value is -1.88. The molecule has 0 saturated carbocycles. The van der Waals surface area contributed by atoms with Crippen LogP contribution in [0.15, 0.2) is 30.3 Å². The van der Waals surface area contributed by atoms with Gasteiger partial charge in [-0.15, -0.1) is 0 Å². The number of amides is 1. The smallest absolute Gasteiger partial charge is 0.326 e. The summed E-state index contributed by atoms with van der Waals surface area (Å²) in [6, 6.07) is 7.81. The summed E-state index contributed by atoms with van der Waals surface area (Å²) in [4.78, 5) is 22.4. The van der Waals surface area contributed by atoms with Gasteiger partial charge in [0.1, 0.15) is 6.04 Å². The number of hydrogen-bond donors (Lipinski definition) is 3. The molecule has 1 aromatic carbocycles. The van der Waals surface area contributed by atoms with E-state index in [0.29, 0.717) is 0 Å². The molecule has 92 valence electrons. The Morgan fingerprint density at radius 2 is 1.94 bits per heavy atom. The number of hydrogen-bond acceptors (Lipinski definition) is 2. The number of carboxylic acid groups (broad SMARTS) is 1. The molecule has 0 saturated heterocycles. The standard InChI is InChI=1S/C12H16N2O3/c1-8(13)11(15)14-10(12(16)17)7-9-5-3-2-4-6-9/h2-6,8,10H,7,13H2,1H3,(H,14,15)(H,16,17)/p+1/t8-,10-/m0/s1. The van der Waals surface area contributed by atoms with Gasteiger partial charge in [-0.05, 0) is 12.5 Å². The minimum absolute atomic E-state index is 0.272. The van der Waals surface area contributed by atoms with E-state index < -0.39 is 18.1 Å². The normalized spacial score (nSPS) is 13.8. The zero-order valence-corrected chi connectivity index (χ0v) is 9.72. The minimum atomic E-state index is -1.04. The Morgan fingerprint density at radius 1 is 1.35 bits per heavy atom. The van der Waals surface area contributed by atoms with Gasteiger partial charge in [-0.1, -0.05) is 30.3 Å². The lowest BCUT2D eigenvalue weighted by Gasteiger charge is -2.14. The van der Waals surface area contributed by atoms with Crippen molar-refractivity contribution in [3.8, 4) is 0 Å². The molecule has 0 radical (unpaired) electrons. The molecular formula is C12H17N2O3+. The van der Waals surface area contributed by atoms with Gasteiger partial charge >= 0.3 is 5.97 Å². The van der Waals surface area contributed by atoms with E-state index >= 15 is 0 Å². The van der Waals surface area contributed by atoms with Crippen LogP contribution in [-0.2, 0) is 16.0 Å². The molecule has 5 N–H and O–H groups in total. The van der Waals surface area contributed by atoms with Crippen LogP contribution >= 0.6 is 0 Å². The Balaban J connectivity index is 2.68. The van der Waals surface area contributed by atoms with E-state index in [0.717, 1.165) is 5.56 Å². The van der Waals surface area contributed by atoms with Crippen LogP contribution in [0.25, 0.3) is 0 Å². The van der Waals surface area contributed by atoms with Crippen molar-refractivity contribution >= 4 is 11.9 Å². The lowest BCUT2D eigenvalue weighted by atomic mass is 10.1. The molecule has 2 atom stereocenters. The number of carbonyl (C=O) groups excluding carboxylic acids is 1. The Kier molecular flexibility index (Phi) is 4.66. The molecule has 1 amide bonds. The Labute approximate surface area is 99.6 Å². The van der Waals surface area contributed by atoms with Crippen LogP contribution in [-0.4, -0.2) is 29.1 Å². The molecule has 5 heteroatoms. The van der Waals surface area contributed by atoms with Crippen LogP contribution in [0.2, 0.25) is 0 Å². The number of nitrogens with one attached hydrogen (secondary N) is 1. The second-order valence-corrected chi connectivity index (χ2v) is 3.99. The van der Waals surface area contributed by atoms with Crippen molar-refractivity contribution in [2.24, 2.45) is 0 Å². The quantitative estimate of drug-likeness (QED) is 0.640. The van der Waals surface area contributed by atoms with Gasteiger partial charge in [0, 0.05) is 6.42 Å². The average Bonchev–Trinajstić information content (AvgIpc) is 2.29. The highest BCUT2D eigenvalue weighted by Crippen LogP contribution is 2.03. The van der Waals surface area contributed by atoms with Gasteiger partial charge < -0.3 is 16.2 Å². The summed E-state index contributed by atoms with van der Waals surface area (Å²) in [5.74, 6) is -1.39. The van der Waals surface area contributed by atoms with E-state index in [1.165, 1.54) is 0 Å². The molecule has 0 spiro atoms. The van der Waals surface area contributed by atoms with Gasteiger partial charge in [-0.3, -0.25) is 4.79 Å². The summed E-state index contributed by atoms with van der Waals surface area (Å²) in [6.45, 7) is 1.62. The summed E-state index contributed by atoms with van der Waals surface area (Å²) in [7, 11) is 0. The van der Waals surface area contributed by atoms with Crippen LogP contribution in [0.3, 0.4) is 0 Å². The third-order valence-corrected chi connectivity index (χ3v) is 2.34. The number of carboxylic acids is 1. The second kappa shape index (κ2) is 6.00. The highest BCUT2D eigenvalue weighted by Gasteiger charge is 2.22. The van der Waals surface area contributed by atoms with Crippen molar-refractivity contribution in [1.29, 1.82) is 0 Å². The van der Waals surface area contributed by atoms with E-state index in [1.54, 1.807) is 6.92 Å². The lowest BCUT2D eigenvalue weighted by Crippen LogP contribution is -2.67. The first-order valence-corrected chi connectivity index (χ1v) is 5.41. The van der Waals surface area contributed by atoms with Gasteiger partial charge in [0.25, 0.3) is 5.91 Å². The summed E-state index contributed by atoms with van der Waals surface area (Å²) < 4.78 is 0. The van der Waals surface area contributed by atoms with E-state index in [4.69, 9.17) is 5.11 Å². The van der Waals surface area contributed by atoms with Crippen molar-refractivity contribution in [2.75, 3.05) is 0 Å². The highest BCUT2D eigenvalue weighted by atomic mass is 16.4. The van der Waals surface area contributed by atoms with Crippen LogP contribution < -0.4 is 11.1 Å². The molecule has 0 aliphatic heterocycles. The van der Waals surface area contributed by atoms with Crippen LogP contribution in [0, 0.1) is 0 Å². The van der Waals surface area contributed by atoms with Crippen LogP contribution in [0.1, 0.15) is 12.5 Å². The Bertz CT molecular complexity index is 390. The van der Waals surface area contributed by atoms with Crippen molar-refractivity contribution < 1.29 is 20.4 Å². The van der Waals surface area contributed by atoms with Crippen molar-refractivity contribution in [3.05, 3.63) is 35.9 Å². The van der Waals surface area contributed by atoms with Crippen molar-refractivity contribution in [1.82, 2.24) is 5.32 Å².